The van der Waals surface area contributed by atoms with Crippen LogP contribution < -0.4 is 5.32 Å². The predicted octanol–water partition coefficient (Wildman–Crippen LogP) is 4.56. The zero-order valence-corrected chi connectivity index (χ0v) is 13.2. The minimum Gasteiger partial charge on any atom is -0.347 e. The second kappa shape index (κ2) is 5.68. The Morgan fingerprint density at radius 3 is 2.15 bits per heavy atom. The Morgan fingerprint density at radius 2 is 1.65 bits per heavy atom. The fourth-order valence-electron chi connectivity index (χ4n) is 2.44. The molecule has 0 fully saturated rings. The van der Waals surface area contributed by atoms with Crippen LogP contribution in [0.25, 0.3) is 0 Å². The van der Waals surface area contributed by atoms with E-state index in [2.05, 4.69) is 26.1 Å². The van der Waals surface area contributed by atoms with E-state index in [1.165, 1.54) is 0 Å². The SMILES string of the molecule is CC(C)(C)CC(C)(C)NC(=O)c1cc(F)c(F)cc1Cl. The molecule has 20 heavy (non-hydrogen) atoms. The van der Waals surface area contributed by atoms with Crippen LogP contribution in [-0.4, -0.2) is 11.4 Å². The number of hydrogen-bond donors (Lipinski definition) is 1. The van der Waals surface area contributed by atoms with Gasteiger partial charge in [0.15, 0.2) is 11.6 Å². The number of amides is 1. The minimum atomic E-state index is -1.09. The molecule has 0 aromatic heterocycles. The highest BCUT2D eigenvalue weighted by Gasteiger charge is 2.28. The van der Waals surface area contributed by atoms with Gasteiger partial charge in [-0.15, -0.1) is 0 Å². The highest BCUT2D eigenvalue weighted by Crippen LogP contribution is 2.28. The molecule has 0 unspecified atom stereocenters. The molecule has 0 aliphatic rings. The van der Waals surface area contributed by atoms with E-state index in [9.17, 15) is 13.6 Å². The van der Waals surface area contributed by atoms with E-state index in [1.807, 2.05) is 13.8 Å². The van der Waals surface area contributed by atoms with Gasteiger partial charge in [0.1, 0.15) is 0 Å². The third kappa shape index (κ3) is 4.75. The highest BCUT2D eigenvalue weighted by atomic mass is 35.5. The summed E-state index contributed by atoms with van der Waals surface area (Å²) in [5.74, 6) is -2.67. The first-order chi connectivity index (χ1) is 8.91. The highest BCUT2D eigenvalue weighted by molar-refractivity contribution is 6.33. The molecule has 0 aliphatic carbocycles. The van der Waals surface area contributed by atoms with Gasteiger partial charge in [-0.25, -0.2) is 8.78 Å². The summed E-state index contributed by atoms with van der Waals surface area (Å²) < 4.78 is 26.2. The fourth-order valence-corrected chi connectivity index (χ4v) is 2.68. The summed E-state index contributed by atoms with van der Waals surface area (Å²) in [5.41, 5.74) is -0.523. The lowest BCUT2D eigenvalue weighted by Gasteiger charge is -2.33. The molecule has 1 aromatic carbocycles. The van der Waals surface area contributed by atoms with Crippen molar-refractivity contribution in [2.24, 2.45) is 5.41 Å². The van der Waals surface area contributed by atoms with Gasteiger partial charge in [-0.05, 0) is 37.8 Å². The Bertz CT molecular complexity index is 521. The average Bonchev–Trinajstić information content (AvgIpc) is 2.18. The molecule has 5 heteroatoms. The molecule has 1 N–H and O–H groups in total. The van der Waals surface area contributed by atoms with Crippen LogP contribution in [0, 0.1) is 17.0 Å². The van der Waals surface area contributed by atoms with Gasteiger partial charge < -0.3 is 5.32 Å². The zero-order chi connectivity index (χ0) is 15.7. The van der Waals surface area contributed by atoms with Crippen molar-refractivity contribution in [2.75, 3.05) is 0 Å². The molecule has 1 rings (SSSR count). The number of benzene rings is 1. The summed E-state index contributed by atoms with van der Waals surface area (Å²) in [5, 5.41) is 2.70. The van der Waals surface area contributed by atoms with Crippen molar-refractivity contribution in [2.45, 2.75) is 46.6 Å². The summed E-state index contributed by atoms with van der Waals surface area (Å²) in [6.45, 7) is 9.94. The molecule has 0 bridgehead atoms. The summed E-state index contributed by atoms with van der Waals surface area (Å²) in [7, 11) is 0. The van der Waals surface area contributed by atoms with Crippen molar-refractivity contribution in [3.8, 4) is 0 Å². The quantitative estimate of drug-likeness (QED) is 0.815. The average molecular weight is 304 g/mol. The zero-order valence-electron chi connectivity index (χ0n) is 12.4. The van der Waals surface area contributed by atoms with Crippen molar-refractivity contribution in [3.63, 3.8) is 0 Å². The second-order valence-electron chi connectivity index (χ2n) is 6.82. The van der Waals surface area contributed by atoms with Crippen LogP contribution >= 0.6 is 11.6 Å². The maximum absolute atomic E-state index is 13.2. The third-order valence-electron chi connectivity index (χ3n) is 2.68. The van der Waals surface area contributed by atoms with Crippen molar-refractivity contribution >= 4 is 17.5 Å². The first-order valence-corrected chi connectivity index (χ1v) is 6.76. The van der Waals surface area contributed by atoms with E-state index < -0.39 is 23.1 Å². The maximum Gasteiger partial charge on any atom is 0.253 e. The van der Waals surface area contributed by atoms with Crippen LogP contribution in [0.3, 0.4) is 0 Å². The van der Waals surface area contributed by atoms with Crippen molar-refractivity contribution in [1.29, 1.82) is 0 Å². The van der Waals surface area contributed by atoms with Crippen molar-refractivity contribution in [3.05, 3.63) is 34.4 Å². The Hall–Kier alpha value is -1.16. The number of rotatable bonds is 3. The van der Waals surface area contributed by atoms with E-state index in [0.29, 0.717) is 0 Å². The van der Waals surface area contributed by atoms with E-state index >= 15 is 0 Å². The Kier molecular flexibility index (Phi) is 4.80. The molecule has 2 nitrogen and oxygen atoms in total. The molecule has 0 spiro atoms. The van der Waals surface area contributed by atoms with Gasteiger partial charge in [0.25, 0.3) is 5.91 Å². The lowest BCUT2D eigenvalue weighted by molar-refractivity contribution is 0.0891. The number of hydrogen-bond acceptors (Lipinski definition) is 1. The molecule has 0 heterocycles. The fraction of sp³-hybridized carbons (Fsp3) is 0.533. The lowest BCUT2D eigenvalue weighted by Crippen LogP contribution is -2.45. The number of nitrogens with one attached hydrogen (secondary N) is 1. The van der Waals surface area contributed by atoms with Crippen LogP contribution in [0.5, 0.6) is 0 Å². The normalized spacial score (nSPS) is 12.4. The number of halogens is 3. The Balaban J connectivity index is 2.94. The van der Waals surface area contributed by atoms with Crippen LogP contribution in [0.2, 0.25) is 5.02 Å². The molecule has 0 saturated heterocycles. The van der Waals surface area contributed by atoms with Gasteiger partial charge >= 0.3 is 0 Å². The lowest BCUT2D eigenvalue weighted by atomic mass is 9.81. The van der Waals surface area contributed by atoms with Crippen LogP contribution in [-0.2, 0) is 0 Å². The summed E-state index contributed by atoms with van der Waals surface area (Å²) in [4.78, 5) is 12.1. The van der Waals surface area contributed by atoms with Crippen molar-refractivity contribution < 1.29 is 13.6 Å². The van der Waals surface area contributed by atoms with Gasteiger partial charge in [0.2, 0.25) is 0 Å². The molecule has 0 saturated carbocycles. The molecule has 0 atom stereocenters. The van der Waals surface area contributed by atoms with Gasteiger partial charge in [-0.1, -0.05) is 32.4 Å². The van der Waals surface area contributed by atoms with Gasteiger partial charge in [0, 0.05) is 5.54 Å². The van der Waals surface area contributed by atoms with Crippen LogP contribution in [0.4, 0.5) is 8.78 Å². The Morgan fingerprint density at radius 1 is 1.15 bits per heavy atom. The summed E-state index contributed by atoms with van der Waals surface area (Å²) >= 11 is 5.79. The van der Waals surface area contributed by atoms with Gasteiger partial charge in [0.05, 0.1) is 10.6 Å². The smallest absolute Gasteiger partial charge is 0.253 e. The van der Waals surface area contributed by atoms with E-state index in [4.69, 9.17) is 11.6 Å². The summed E-state index contributed by atoms with van der Waals surface area (Å²) in [6.07, 6.45) is 0.729. The van der Waals surface area contributed by atoms with Crippen LogP contribution in [0.15, 0.2) is 12.1 Å². The predicted molar refractivity (Wildman–Crippen MR) is 77.0 cm³/mol. The maximum atomic E-state index is 13.2. The Labute approximate surface area is 123 Å². The standard InChI is InChI=1S/C15H20ClF2NO/c1-14(2,3)8-15(4,5)19-13(20)9-6-11(17)12(18)7-10(9)16/h6-7H,8H2,1-5H3,(H,19,20). The van der Waals surface area contributed by atoms with E-state index in [1.54, 1.807) is 0 Å². The monoisotopic (exact) mass is 303 g/mol. The molecule has 112 valence electrons. The summed E-state index contributed by atoms with van der Waals surface area (Å²) in [6, 6.07) is 1.63. The molecule has 0 radical (unpaired) electrons. The van der Waals surface area contributed by atoms with Gasteiger partial charge in [-0.2, -0.15) is 0 Å². The van der Waals surface area contributed by atoms with E-state index in [0.717, 1.165) is 18.6 Å². The van der Waals surface area contributed by atoms with E-state index in [-0.39, 0.29) is 16.0 Å². The number of carbonyl (C=O) groups excluding carboxylic acids is 1. The third-order valence-corrected chi connectivity index (χ3v) is 2.99. The first-order valence-electron chi connectivity index (χ1n) is 6.38. The topological polar surface area (TPSA) is 29.1 Å². The van der Waals surface area contributed by atoms with Gasteiger partial charge in [-0.3, -0.25) is 4.79 Å². The first kappa shape index (κ1) is 16.9. The second-order valence-corrected chi connectivity index (χ2v) is 7.23. The van der Waals surface area contributed by atoms with Crippen LogP contribution in [0.1, 0.15) is 51.4 Å². The molecule has 0 aliphatic heterocycles. The largest absolute Gasteiger partial charge is 0.347 e. The molecule has 1 amide bonds. The molecule has 1 aromatic rings. The van der Waals surface area contributed by atoms with Crippen molar-refractivity contribution in [1.82, 2.24) is 5.32 Å². The minimum absolute atomic E-state index is 0.0224. The molecular formula is C15H20ClF2NO. The molecular weight excluding hydrogens is 284 g/mol. The number of carbonyl (C=O) groups is 1.